The minimum Gasteiger partial charge on any atom is -0.510 e. The molecule has 0 saturated carbocycles. The molecule has 1 heterocycles. The van der Waals surface area contributed by atoms with Crippen molar-refractivity contribution in [3.8, 4) is 6.07 Å². The standard InChI is InChI=1S/C11H15N5OS2/c1-6(2)14-10-15-16-11(19-10)18-5-9(17)8(4-12)7(3)13/h6,13,17H,5H2,1-3H3,(H,14,15)/b9-8+,13-7?. The molecule has 0 fully saturated rings. The summed E-state index contributed by atoms with van der Waals surface area (Å²) in [6.07, 6.45) is 0. The van der Waals surface area contributed by atoms with Crippen molar-refractivity contribution in [1.29, 1.82) is 10.7 Å². The van der Waals surface area contributed by atoms with Crippen LogP contribution in [0.5, 0.6) is 0 Å². The minimum atomic E-state index is -0.103. The Morgan fingerprint density at radius 3 is 2.79 bits per heavy atom. The van der Waals surface area contributed by atoms with Gasteiger partial charge in [0.1, 0.15) is 17.4 Å². The van der Waals surface area contributed by atoms with Crippen LogP contribution in [-0.2, 0) is 0 Å². The fourth-order valence-corrected chi connectivity index (χ4v) is 2.92. The highest BCUT2D eigenvalue weighted by Crippen LogP contribution is 2.27. The third-order valence-electron chi connectivity index (χ3n) is 1.93. The average molecular weight is 297 g/mol. The van der Waals surface area contributed by atoms with Crippen LogP contribution in [0.1, 0.15) is 20.8 Å². The van der Waals surface area contributed by atoms with Crippen LogP contribution in [-0.4, -0.2) is 32.8 Å². The number of nitrogens with one attached hydrogen (secondary N) is 2. The molecule has 0 aliphatic rings. The van der Waals surface area contributed by atoms with E-state index in [0.29, 0.717) is 4.34 Å². The first-order valence-corrected chi connectivity index (χ1v) is 7.34. The Bertz CT molecular complexity index is 529. The first-order valence-electron chi connectivity index (χ1n) is 5.54. The summed E-state index contributed by atoms with van der Waals surface area (Å²) in [5.41, 5.74) is 0.0672. The molecule has 0 unspecified atom stereocenters. The first kappa shape index (κ1) is 15.5. The lowest BCUT2D eigenvalue weighted by Gasteiger charge is -2.03. The van der Waals surface area contributed by atoms with Crippen LogP contribution >= 0.6 is 23.1 Å². The van der Waals surface area contributed by atoms with Crippen molar-refractivity contribution in [3.05, 3.63) is 11.3 Å². The fourth-order valence-electron chi connectivity index (χ4n) is 1.14. The van der Waals surface area contributed by atoms with Crippen molar-refractivity contribution < 1.29 is 5.11 Å². The summed E-state index contributed by atoms with van der Waals surface area (Å²) in [6, 6.07) is 2.10. The van der Waals surface area contributed by atoms with Gasteiger partial charge in [0.05, 0.1) is 5.75 Å². The number of anilines is 1. The minimum absolute atomic E-state index is 0.0116. The third-order valence-corrected chi connectivity index (χ3v) is 3.93. The maximum absolute atomic E-state index is 9.73. The molecule has 1 rings (SSSR count). The summed E-state index contributed by atoms with van der Waals surface area (Å²) in [7, 11) is 0. The summed E-state index contributed by atoms with van der Waals surface area (Å²) < 4.78 is 0.703. The zero-order chi connectivity index (χ0) is 14.4. The lowest BCUT2D eigenvalue weighted by Crippen LogP contribution is -2.08. The molecule has 0 aliphatic carbocycles. The topological polar surface area (TPSA) is 106 Å². The lowest BCUT2D eigenvalue weighted by molar-refractivity contribution is 0.415. The Hall–Kier alpha value is -1.59. The Kier molecular flexibility index (Phi) is 5.79. The second-order valence-electron chi connectivity index (χ2n) is 4.02. The van der Waals surface area contributed by atoms with E-state index in [-0.39, 0.29) is 28.8 Å². The Balaban J connectivity index is 2.65. The van der Waals surface area contributed by atoms with E-state index in [1.54, 1.807) is 0 Å². The molecule has 1 aromatic heterocycles. The van der Waals surface area contributed by atoms with Crippen molar-refractivity contribution in [1.82, 2.24) is 10.2 Å². The van der Waals surface area contributed by atoms with Gasteiger partial charge in [-0.3, -0.25) is 0 Å². The Morgan fingerprint density at radius 2 is 2.26 bits per heavy atom. The lowest BCUT2D eigenvalue weighted by atomic mass is 10.2. The van der Waals surface area contributed by atoms with Crippen LogP contribution in [0.2, 0.25) is 0 Å². The van der Waals surface area contributed by atoms with Gasteiger partial charge in [-0.15, -0.1) is 10.2 Å². The molecule has 0 spiro atoms. The molecule has 3 N–H and O–H groups in total. The Morgan fingerprint density at radius 1 is 1.58 bits per heavy atom. The average Bonchev–Trinajstić information content (AvgIpc) is 2.73. The van der Waals surface area contributed by atoms with Gasteiger partial charge in [0, 0.05) is 11.8 Å². The molecule has 0 radical (unpaired) electrons. The van der Waals surface area contributed by atoms with Crippen molar-refractivity contribution in [2.75, 3.05) is 11.1 Å². The molecule has 0 aromatic carbocycles. The van der Waals surface area contributed by atoms with Crippen LogP contribution in [0.25, 0.3) is 0 Å². The maximum Gasteiger partial charge on any atom is 0.206 e. The number of aliphatic hydroxyl groups is 1. The third kappa shape index (κ3) is 4.89. The second kappa shape index (κ2) is 7.11. The number of allylic oxidation sites excluding steroid dienone is 1. The first-order chi connectivity index (χ1) is 8.93. The maximum atomic E-state index is 9.73. The summed E-state index contributed by atoms with van der Waals surface area (Å²) in [5, 5.41) is 37.7. The molecule has 0 atom stereocenters. The van der Waals surface area contributed by atoms with Crippen molar-refractivity contribution >= 4 is 33.9 Å². The van der Waals surface area contributed by atoms with E-state index in [9.17, 15) is 5.11 Å². The van der Waals surface area contributed by atoms with Crippen LogP contribution in [0.4, 0.5) is 5.13 Å². The summed E-state index contributed by atoms with van der Waals surface area (Å²) in [4.78, 5) is 0. The van der Waals surface area contributed by atoms with Gasteiger partial charge in [0.25, 0.3) is 0 Å². The van der Waals surface area contributed by atoms with Crippen molar-refractivity contribution in [3.63, 3.8) is 0 Å². The number of aliphatic hydroxyl groups excluding tert-OH is 1. The zero-order valence-electron chi connectivity index (χ0n) is 10.9. The predicted molar refractivity (Wildman–Crippen MR) is 78.1 cm³/mol. The molecule has 0 bridgehead atoms. The molecular formula is C11H15N5OS2. The van der Waals surface area contributed by atoms with Gasteiger partial charge in [0.2, 0.25) is 5.13 Å². The molecule has 8 heteroatoms. The molecule has 0 saturated heterocycles. The normalized spacial score (nSPS) is 11.9. The van der Waals surface area contributed by atoms with Crippen molar-refractivity contribution in [2.24, 2.45) is 0 Å². The van der Waals surface area contributed by atoms with Gasteiger partial charge in [-0.05, 0) is 20.8 Å². The highest BCUT2D eigenvalue weighted by molar-refractivity contribution is 8.01. The highest BCUT2D eigenvalue weighted by atomic mass is 32.2. The second-order valence-corrected chi connectivity index (χ2v) is 6.22. The summed E-state index contributed by atoms with van der Waals surface area (Å²) in [5.74, 6) is 0.101. The van der Waals surface area contributed by atoms with Gasteiger partial charge < -0.3 is 15.8 Å². The highest BCUT2D eigenvalue weighted by Gasteiger charge is 2.11. The van der Waals surface area contributed by atoms with Gasteiger partial charge in [0.15, 0.2) is 4.34 Å². The largest absolute Gasteiger partial charge is 0.510 e. The molecule has 0 amide bonds. The monoisotopic (exact) mass is 297 g/mol. The van der Waals surface area contributed by atoms with E-state index in [1.165, 1.54) is 30.0 Å². The number of aromatic nitrogens is 2. The molecule has 0 aliphatic heterocycles. The van der Waals surface area contributed by atoms with E-state index in [4.69, 9.17) is 10.7 Å². The van der Waals surface area contributed by atoms with E-state index in [2.05, 4.69) is 15.5 Å². The number of nitriles is 1. The van der Waals surface area contributed by atoms with Gasteiger partial charge in [-0.1, -0.05) is 23.1 Å². The van der Waals surface area contributed by atoms with Crippen LogP contribution < -0.4 is 5.32 Å². The SMILES string of the molecule is CC(=N)/C(C#N)=C(/O)CSc1nnc(NC(C)C)s1. The predicted octanol–water partition coefficient (Wildman–Crippen LogP) is 2.83. The number of hydrogen-bond acceptors (Lipinski definition) is 8. The number of hydrogen-bond donors (Lipinski definition) is 3. The molecule has 102 valence electrons. The summed E-state index contributed by atoms with van der Waals surface area (Å²) >= 11 is 2.68. The fraction of sp³-hybridized carbons (Fsp3) is 0.455. The van der Waals surface area contributed by atoms with E-state index in [0.717, 1.165) is 5.13 Å². The molecular weight excluding hydrogens is 282 g/mol. The molecule has 19 heavy (non-hydrogen) atoms. The van der Waals surface area contributed by atoms with Gasteiger partial charge in [-0.2, -0.15) is 5.26 Å². The van der Waals surface area contributed by atoms with E-state index >= 15 is 0 Å². The van der Waals surface area contributed by atoms with Crippen LogP contribution in [0, 0.1) is 16.7 Å². The number of nitrogens with zero attached hydrogens (tertiary/aromatic N) is 3. The number of rotatable bonds is 6. The summed E-state index contributed by atoms with van der Waals surface area (Å²) in [6.45, 7) is 5.48. The quantitative estimate of drug-likeness (QED) is 0.323. The van der Waals surface area contributed by atoms with Crippen LogP contribution in [0.3, 0.4) is 0 Å². The number of thioether (sulfide) groups is 1. The van der Waals surface area contributed by atoms with Gasteiger partial charge in [-0.25, -0.2) is 0 Å². The van der Waals surface area contributed by atoms with E-state index < -0.39 is 0 Å². The van der Waals surface area contributed by atoms with Gasteiger partial charge >= 0.3 is 0 Å². The smallest absolute Gasteiger partial charge is 0.206 e. The zero-order valence-corrected chi connectivity index (χ0v) is 12.5. The Labute approximate surface area is 120 Å². The van der Waals surface area contributed by atoms with Crippen LogP contribution in [0.15, 0.2) is 15.7 Å². The molecule has 1 aromatic rings. The molecule has 6 nitrogen and oxygen atoms in total. The van der Waals surface area contributed by atoms with Crippen molar-refractivity contribution in [2.45, 2.75) is 31.2 Å². The van der Waals surface area contributed by atoms with E-state index in [1.807, 2.05) is 19.9 Å².